The Labute approximate surface area is 392 Å². The van der Waals surface area contributed by atoms with Crippen molar-refractivity contribution in [1.82, 2.24) is 20.4 Å². The zero-order valence-electron chi connectivity index (χ0n) is 39.4. The van der Waals surface area contributed by atoms with Gasteiger partial charge in [0, 0.05) is 37.6 Å². The minimum absolute atomic E-state index is 0.125. The van der Waals surface area contributed by atoms with E-state index in [0.29, 0.717) is 50.0 Å². The van der Waals surface area contributed by atoms with Crippen LogP contribution in [-0.4, -0.2) is 107 Å². The maximum Gasteiger partial charge on any atom is 0.405 e. The fourth-order valence-electron chi connectivity index (χ4n) is 10.9. The number of primary amides is 2. The second-order valence-electron chi connectivity index (χ2n) is 20.5. The van der Waals surface area contributed by atoms with Crippen LogP contribution in [0.4, 0.5) is 21.0 Å². The van der Waals surface area contributed by atoms with Crippen molar-refractivity contribution in [3.63, 3.8) is 0 Å². The second kappa shape index (κ2) is 18.7. The van der Waals surface area contributed by atoms with Gasteiger partial charge in [-0.2, -0.15) is 0 Å². The number of hydrogen-bond donors (Lipinski definition) is 6. The number of carboxylic acid groups (broad SMARTS) is 2. The second-order valence-corrected chi connectivity index (χ2v) is 20.5. The number of hydrogen-bond acceptors (Lipinski definition) is 9. The van der Waals surface area contributed by atoms with Crippen LogP contribution in [0.25, 0.3) is 0 Å². The molecule has 0 unspecified atom stereocenters. The van der Waals surface area contributed by atoms with Crippen LogP contribution < -0.4 is 31.9 Å². The van der Waals surface area contributed by atoms with E-state index in [1.54, 1.807) is 41.5 Å². The molecule has 4 aliphatic rings. The highest BCUT2D eigenvalue weighted by molar-refractivity contribution is 5.96. The molecule has 6 amide bonds. The van der Waals surface area contributed by atoms with Gasteiger partial charge in [-0.15, -0.1) is 0 Å². The maximum absolute atomic E-state index is 14.2. The molecule has 0 aromatic heterocycles. The zero-order valence-corrected chi connectivity index (χ0v) is 39.4. The highest BCUT2D eigenvalue weighted by Crippen LogP contribution is 2.49. The van der Waals surface area contributed by atoms with Crippen LogP contribution in [0.5, 0.6) is 0 Å². The van der Waals surface area contributed by atoms with Crippen LogP contribution in [-0.2, 0) is 35.0 Å². The predicted molar refractivity (Wildman–Crippen MR) is 252 cm³/mol. The van der Waals surface area contributed by atoms with Crippen molar-refractivity contribution in [3.8, 4) is 0 Å². The first-order valence-corrected chi connectivity index (χ1v) is 23.2. The number of ether oxygens (including phenoxy) is 1. The van der Waals surface area contributed by atoms with Gasteiger partial charge in [0.05, 0.1) is 25.3 Å². The Morgan fingerprint density at radius 1 is 0.597 bits per heavy atom. The summed E-state index contributed by atoms with van der Waals surface area (Å²) in [5, 5.41) is 24.0. The van der Waals surface area contributed by atoms with Crippen molar-refractivity contribution >= 4 is 47.2 Å². The lowest BCUT2D eigenvalue weighted by atomic mass is 9.82. The lowest BCUT2D eigenvalue weighted by molar-refractivity contribution is -0.147. The lowest BCUT2D eigenvalue weighted by Crippen LogP contribution is -2.61. The molecule has 6 atom stereocenters. The van der Waals surface area contributed by atoms with E-state index in [1.807, 2.05) is 48.5 Å². The van der Waals surface area contributed by atoms with E-state index in [4.69, 9.17) is 16.2 Å². The molecule has 7 rings (SSSR count). The molecule has 4 fully saturated rings. The van der Waals surface area contributed by atoms with Gasteiger partial charge in [0.25, 0.3) is 0 Å². The van der Waals surface area contributed by atoms with Crippen LogP contribution in [0.3, 0.4) is 0 Å². The first kappa shape index (κ1) is 48.6. The number of amides is 6. The molecule has 360 valence electrons. The summed E-state index contributed by atoms with van der Waals surface area (Å²) in [6.45, 7) is 14.0. The highest BCUT2D eigenvalue weighted by atomic mass is 16.5. The predicted octanol–water partition coefficient (Wildman–Crippen LogP) is 5.58. The molecular formula is C50H66N8O9. The molecule has 4 saturated heterocycles. The number of nitrogens with zero attached hydrogens (tertiary/aromatic N) is 4. The molecule has 17 heteroatoms. The standard InChI is InChI=1S/C50H66N8O9/c1-47(2,3)39(53-45(63)64)41(59)56-25-7-23-49(56,43(51)61)33-13-9-31(10-14-33)37-21-22-38(58(37)36-19-17-35(18-20-36)55-27-29-67-30-28-55)32-11-15-34(16-12-32)50(44(52)62)24-8-26-57(50)42(60)40(48(4,5)6)54-46(65)66/h9-20,37-40,53-54H,7-8,21-30H2,1-6H3,(H2,51,61)(H2,52,62)(H,63,64)(H,65,66)/t37-,38-,39-,40-,49+,50+/m1/s1. The quantitative estimate of drug-likeness (QED) is 0.131. The van der Waals surface area contributed by atoms with E-state index in [9.17, 15) is 39.0 Å². The van der Waals surface area contributed by atoms with Crippen molar-refractivity contribution < 1.29 is 43.7 Å². The van der Waals surface area contributed by atoms with Crippen LogP contribution in [0.2, 0.25) is 0 Å². The molecule has 0 bridgehead atoms. The van der Waals surface area contributed by atoms with Crippen LogP contribution in [0.1, 0.15) is 114 Å². The fourth-order valence-corrected chi connectivity index (χ4v) is 10.9. The van der Waals surface area contributed by atoms with Crippen molar-refractivity contribution in [2.45, 2.75) is 115 Å². The van der Waals surface area contributed by atoms with Gasteiger partial charge < -0.3 is 56.7 Å². The highest BCUT2D eigenvalue weighted by Gasteiger charge is 2.54. The summed E-state index contributed by atoms with van der Waals surface area (Å²) in [6, 6.07) is 21.4. The summed E-state index contributed by atoms with van der Waals surface area (Å²) in [5.41, 5.74) is 13.0. The Morgan fingerprint density at radius 3 is 1.31 bits per heavy atom. The average molecular weight is 923 g/mol. The van der Waals surface area contributed by atoms with E-state index < -0.39 is 69.8 Å². The minimum Gasteiger partial charge on any atom is -0.465 e. The third-order valence-electron chi connectivity index (χ3n) is 14.3. The molecule has 3 aromatic carbocycles. The molecule has 0 saturated carbocycles. The maximum atomic E-state index is 14.2. The normalized spacial score (nSPS) is 24.3. The summed E-state index contributed by atoms with van der Waals surface area (Å²) < 4.78 is 5.59. The summed E-state index contributed by atoms with van der Waals surface area (Å²) in [4.78, 5) is 86.8. The number of nitrogens with two attached hydrogens (primary N) is 2. The number of carbonyl (C=O) groups is 6. The van der Waals surface area contributed by atoms with E-state index in [-0.39, 0.29) is 25.2 Å². The minimum atomic E-state index is -1.48. The van der Waals surface area contributed by atoms with Crippen LogP contribution >= 0.6 is 0 Å². The average Bonchev–Trinajstić information content (AvgIpc) is 4.06. The summed E-state index contributed by atoms with van der Waals surface area (Å²) >= 11 is 0. The molecule has 3 aromatic rings. The number of carbonyl (C=O) groups excluding carboxylic acids is 4. The third-order valence-corrected chi connectivity index (χ3v) is 14.3. The molecule has 17 nitrogen and oxygen atoms in total. The topological polar surface area (TPSA) is 241 Å². The molecule has 4 aliphatic heterocycles. The monoisotopic (exact) mass is 922 g/mol. The van der Waals surface area contributed by atoms with Crippen molar-refractivity contribution in [2.75, 3.05) is 49.2 Å². The summed E-state index contributed by atoms with van der Waals surface area (Å²) in [5.74, 6) is -2.39. The Kier molecular flexibility index (Phi) is 13.6. The van der Waals surface area contributed by atoms with Crippen LogP contribution in [0.15, 0.2) is 72.8 Å². The van der Waals surface area contributed by atoms with E-state index in [2.05, 4.69) is 44.7 Å². The molecule has 0 spiro atoms. The number of nitrogens with one attached hydrogen (secondary N) is 2. The Hall–Kier alpha value is -6.36. The Balaban J connectivity index is 1.23. The Morgan fingerprint density at radius 2 is 0.970 bits per heavy atom. The van der Waals surface area contributed by atoms with Crippen molar-refractivity contribution in [1.29, 1.82) is 0 Å². The van der Waals surface area contributed by atoms with Gasteiger partial charge in [-0.25, -0.2) is 9.59 Å². The first-order valence-electron chi connectivity index (χ1n) is 23.2. The van der Waals surface area contributed by atoms with Gasteiger partial charge >= 0.3 is 12.2 Å². The third kappa shape index (κ3) is 9.21. The molecule has 67 heavy (non-hydrogen) atoms. The number of anilines is 2. The van der Waals surface area contributed by atoms with Gasteiger partial charge in [-0.05, 0) is 95.9 Å². The summed E-state index contributed by atoms with van der Waals surface area (Å²) in [6.07, 6.45) is 0.439. The molecule has 8 N–H and O–H groups in total. The zero-order chi connectivity index (χ0) is 48.6. The number of benzene rings is 3. The largest absolute Gasteiger partial charge is 0.465 e. The molecular weight excluding hydrogens is 857 g/mol. The van der Waals surface area contributed by atoms with Gasteiger partial charge in [0.2, 0.25) is 23.6 Å². The summed E-state index contributed by atoms with van der Waals surface area (Å²) in [7, 11) is 0. The van der Waals surface area contributed by atoms with Gasteiger partial charge in [0.1, 0.15) is 23.2 Å². The molecule has 0 aliphatic carbocycles. The number of morpholine rings is 1. The molecule has 0 radical (unpaired) electrons. The molecule has 4 heterocycles. The van der Waals surface area contributed by atoms with E-state index in [0.717, 1.165) is 48.4 Å². The van der Waals surface area contributed by atoms with Crippen molar-refractivity contribution in [3.05, 3.63) is 95.1 Å². The Bertz CT molecular complexity index is 2210. The van der Waals surface area contributed by atoms with E-state index in [1.165, 1.54) is 9.80 Å². The van der Waals surface area contributed by atoms with Gasteiger partial charge in [-0.3, -0.25) is 19.2 Å². The number of likely N-dealkylation sites (tertiary alicyclic amines) is 2. The van der Waals surface area contributed by atoms with Crippen molar-refractivity contribution in [2.24, 2.45) is 22.3 Å². The SMILES string of the molecule is CC(C)(C)[C@H](NC(=O)O)C(=O)N1CCC[C@@]1(C(N)=O)c1ccc([C@H]2CC[C@H](c3ccc([C@]4(C(N)=O)CCCN4C(=O)[C@@H](NC(=O)O)C(C)(C)C)cc3)N2c2ccc(N3CCOCC3)cc2)cc1. The fraction of sp³-hybridized carbons (Fsp3) is 0.520. The first-order chi connectivity index (χ1) is 31.6. The van der Waals surface area contributed by atoms with Crippen LogP contribution in [0, 0.1) is 10.8 Å². The van der Waals surface area contributed by atoms with E-state index >= 15 is 0 Å². The smallest absolute Gasteiger partial charge is 0.405 e. The lowest BCUT2D eigenvalue weighted by Gasteiger charge is -2.41. The number of rotatable bonds is 12. The van der Waals surface area contributed by atoms with Gasteiger partial charge in [-0.1, -0.05) is 90.1 Å². The van der Waals surface area contributed by atoms with Gasteiger partial charge in [0.15, 0.2) is 0 Å².